The summed E-state index contributed by atoms with van der Waals surface area (Å²) in [6, 6.07) is 10.9. The molecule has 0 aliphatic heterocycles. The molecule has 3 heteroatoms. The molecule has 1 aromatic carbocycles. The predicted molar refractivity (Wildman–Crippen MR) is 86.8 cm³/mol. The van der Waals surface area contributed by atoms with Crippen molar-refractivity contribution in [2.24, 2.45) is 5.41 Å². The molecule has 1 aromatic heterocycles. The second kappa shape index (κ2) is 4.91. The highest BCUT2D eigenvalue weighted by molar-refractivity contribution is 7.11. The molecule has 2 saturated carbocycles. The Hall–Kier alpha value is -1.22. The smallest absolute Gasteiger partial charge is 0.121 e. The maximum atomic E-state index is 4.56. The molecule has 2 aliphatic carbocycles. The summed E-state index contributed by atoms with van der Waals surface area (Å²) in [6.07, 6.45) is 5.35. The molecule has 0 N–H and O–H groups in total. The van der Waals surface area contributed by atoms with E-state index in [4.69, 9.17) is 0 Å². The van der Waals surface area contributed by atoms with Gasteiger partial charge in [-0.15, -0.1) is 21.5 Å². The van der Waals surface area contributed by atoms with E-state index in [0.717, 1.165) is 0 Å². The van der Waals surface area contributed by atoms with Gasteiger partial charge in [0.2, 0.25) is 0 Å². The molecule has 0 amide bonds. The molecule has 110 valence electrons. The fourth-order valence-corrected chi connectivity index (χ4v) is 5.44. The van der Waals surface area contributed by atoms with Gasteiger partial charge in [-0.3, -0.25) is 0 Å². The highest BCUT2D eigenvalue weighted by Gasteiger charge is 2.60. The summed E-state index contributed by atoms with van der Waals surface area (Å²) in [7, 11) is 0. The van der Waals surface area contributed by atoms with Crippen LogP contribution in [0, 0.1) is 5.41 Å². The van der Waals surface area contributed by atoms with Crippen LogP contribution < -0.4 is 0 Å². The van der Waals surface area contributed by atoms with E-state index in [2.05, 4.69) is 54.4 Å². The first kappa shape index (κ1) is 13.4. The second-order valence-electron chi connectivity index (χ2n) is 7.15. The van der Waals surface area contributed by atoms with Gasteiger partial charge in [0.1, 0.15) is 10.0 Å². The van der Waals surface area contributed by atoms with E-state index in [1.54, 1.807) is 0 Å². The number of aromatic nitrogens is 2. The Labute approximate surface area is 130 Å². The first-order chi connectivity index (χ1) is 10.2. The fourth-order valence-electron chi connectivity index (χ4n) is 4.09. The van der Waals surface area contributed by atoms with Crippen molar-refractivity contribution >= 4 is 11.3 Å². The van der Waals surface area contributed by atoms with Crippen LogP contribution in [0.3, 0.4) is 0 Å². The minimum Gasteiger partial charge on any atom is -0.143 e. The first-order valence-corrected chi connectivity index (χ1v) is 8.88. The lowest BCUT2D eigenvalue weighted by molar-refractivity contribution is 0.599. The zero-order valence-electron chi connectivity index (χ0n) is 12.7. The Morgan fingerprint density at radius 3 is 2.33 bits per heavy atom. The van der Waals surface area contributed by atoms with E-state index in [0.29, 0.717) is 23.2 Å². The van der Waals surface area contributed by atoms with Crippen LogP contribution in [0.1, 0.15) is 72.9 Å². The van der Waals surface area contributed by atoms with Crippen molar-refractivity contribution in [2.75, 3.05) is 0 Å². The SMILES string of the molecule is CC1(C)[C@@H](c2ccccc2)[C@@H]1c1nnc(C2CCCC2)s1. The van der Waals surface area contributed by atoms with E-state index in [1.165, 1.54) is 41.3 Å². The van der Waals surface area contributed by atoms with Crippen LogP contribution in [0.2, 0.25) is 0 Å². The minimum atomic E-state index is 0.313. The topological polar surface area (TPSA) is 25.8 Å². The zero-order chi connectivity index (χ0) is 14.4. The molecule has 4 rings (SSSR count). The van der Waals surface area contributed by atoms with Crippen molar-refractivity contribution in [3.8, 4) is 0 Å². The van der Waals surface area contributed by atoms with Crippen molar-refractivity contribution in [1.29, 1.82) is 0 Å². The summed E-state index contributed by atoms with van der Waals surface area (Å²) in [4.78, 5) is 0. The van der Waals surface area contributed by atoms with E-state index in [9.17, 15) is 0 Å². The third-order valence-electron chi connectivity index (χ3n) is 5.41. The Kier molecular flexibility index (Phi) is 3.14. The van der Waals surface area contributed by atoms with Gasteiger partial charge in [0, 0.05) is 11.8 Å². The molecule has 2 nitrogen and oxygen atoms in total. The second-order valence-corrected chi connectivity index (χ2v) is 8.19. The van der Waals surface area contributed by atoms with E-state index >= 15 is 0 Å². The summed E-state index contributed by atoms with van der Waals surface area (Å²) >= 11 is 1.88. The maximum absolute atomic E-state index is 4.56. The van der Waals surface area contributed by atoms with Crippen LogP contribution in [0.5, 0.6) is 0 Å². The molecule has 2 aromatic rings. The van der Waals surface area contributed by atoms with Crippen LogP contribution in [0.4, 0.5) is 0 Å². The molecule has 2 fully saturated rings. The summed E-state index contributed by atoms with van der Waals surface area (Å²) in [5.41, 5.74) is 1.76. The Bertz CT molecular complexity index is 626. The summed E-state index contributed by atoms with van der Waals surface area (Å²) in [5, 5.41) is 11.6. The Balaban J connectivity index is 1.59. The van der Waals surface area contributed by atoms with Crippen molar-refractivity contribution in [2.45, 2.75) is 57.3 Å². The molecular weight excluding hydrogens is 276 g/mol. The Morgan fingerprint density at radius 1 is 0.952 bits per heavy atom. The predicted octanol–water partition coefficient (Wildman–Crippen LogP) is 5.10. The number of nitrogens with zero attached hydrogens (tertiary/aromatic N) is 2. The lowest BCUT2D eigenvalue weighted by Gasteiger charge is -2.01. The van der Waals surface area contributed by atoms with Crippen LogP contribution >= 0.6 is 11.3 Å². The number of benzene rings is 1. The number of rotatable bonds is 3. The molecule has 0 unspecified atom stereocenters. The van der Waals surface area contributed by atoms with Crippen molar-refractivity contribution in [1.82, 2.24) is 10.2 Å². The van der Waals surface area contributed by atoms with Crippen LogP contribution in [-0.4, -0.2) is 10.2 Å². The molecule has 1 heterocycles. The molecule has 0 saturated heterocycles. The molecule has 2 atom stereocenters. The first-order valence-electron chi connectivity index (χ1n) is 8.06. The van der Waals surface area contributed by atoms with Gasteiger partial charge in [0.05, 0.1) is 0 Å². The molecule has 2 aliphatic rings. The summed E-state index contributed by atoms with van der Waals surface area (Å²) in [6.45, 7) is 4.73. The van der Waals surface area contributed by atoms with Gasteiger partial charge < -0.3 is 0 Å². The third-order valence-corrected chi connectivity index (χ3v) is 6.58. The van der Waals surface area contributed by atoms with E-state index in [1.807, 2.05) is 11.3 Å². The van der Waals surface area contributed by atoms with Gasteiger partial charge in [0.25, 0.3) is 0 Å². The normalized spacial score (nSPS) is 27.9. The minimum absolute atomic E-state index is 0.313. The zero-order valence-corrected chi connectivity index (χ0v) is 13.6. The summed E-state index contributed by atoms with van der Waals surface area (Å²) in [5.74, 6) is 1.84. The van der Waals surface area contributed by atoms with Gasteiger partial charge in [0.15, 0.2) is 0 Å². The molecule has 0 bridgehead atoms. The standard InChI is InChI=1S/C18H22N2S/c1-18(2)14(12-8-4-3-5-9-12)15(18)17-20-19-16(21-17)13-10-6-7-11-13/h3-5,8-9,13-15H,6-7,10-11H2,1-2H3/t14-,15+/m0/s1. The van der Waals surface area contributed by atoms with Gasteiger partial charge in [-0.05, 0) is 29.7 Å². The van der Waals surface area contributed by atoms with Gasteiger partial charge in [-0.25, -0.2) is 0 Å². The third kappa shape index (κ3) is 2.22. The summed E-state index contributed by atoms with van der Waals surface area (Å²) < 4.78 is 0. The van der Waals surface area contributed by atoms with Gasteiger partial charge >= 0.3 is 0 Å². The molecule has 0 spiro atoms. The van der Waals surface area contributed by atoms with Crippen LogP contribution in [0.15, 0.2) is 30.3 Å². The van der Waals surface area contributed by atoms with Crippen LogP contribution in [-0.2, 0) is 0 Å². The van der Waals surface area contributed by atoms with Crippen molar-refractivity contribution in [3.05, 3.63) is 45.9 Å². The number of hydrogen-bond acceptors (Lipinski definition) is 3. The average molecular weight is 298 g/mol. The maximum Gasteiger partial charge on any atom is 0.121 e. The van der Waals surface area contributed by atoms with Gasteiger partial charge in [-0.1, -0.05) is 57.0 Å². The molecule has 0 radical (unpaired) electrons. The lowest BCUT2D eigenvalue weighted by atomic mass is 10.0. The largest absolute Gasteiger partial charge is 0.143 e. The van der Waals surface area contributed by atoms with E-state index < -0.39 is 0 Å². The lowest BCUT2D eigenvalue weighted by Crippen LogP contribution is -1.90. The average Bonchev–Trinajstić information content (AvgIpc) is 2.95. The molecular formula is C18H22N2S. The highest BCUT2D eigenvalue weighted by atomic mass is 32.1. The highest BCUT2D eigenvalue weighted by Crippen LogP contribution is 2.70. The fraction of sp³-hybridized carbons (Fsp3) is 0.556. The van der Waals surface area contributed by atoms with Gasteiger partial charge in [-0.2, -0.15) is 0 Å². The monoisotopic (exact) mass is 298 g/mol. The van der Waals surface area contributed by atoms with E-state index in [-0.39, 0.29) is 0 Å². The Morgan fingerprint density at radius 2 is 1.62 bits per heavy atom. The van der Waals surface area contributed by atoms with Crippen molar-refractivity contribution < 1.29 is 0 Å². The quantitative estimate of drug-likeness (QED) is 0.787. The number of hydrogen-bond donors (Lipinski definition) is 0. The van der Waals surface area contributed by atoms with Crippen molar-refractivity contribution in [3.63, 3.8) is 0 Å². The van der Waals surface area contributed by atoms with Crippen LogP contribution in [0.25, 0.3) is 0 Å². The molecule has 21 heavy (non-hydrogen) atoms.